The van der Waals surface area contributed by atoms with Gasteiger partial charge in [0.15, 0.2) is 0 Å². The molecule has 0 N–H and O–H groups in total. The summed E-state index contributed by atoms with van der Waals surface area (Å²) in [6.07, 6.45) is 1.72. The first kappa shape index (κ1) is 10.3. The molecule has 0 aliphatic carbocycles. The smallest absolute Gasteiger partial charge is 0.258 e. The van der Waals surface area contributed by atoms with Gasteiger partial charge in [-0.1, -0.05) is 23.3 Å². The van der Waals surface area contributed by atoms with E-state index in [1.54, 1.807) is 16.8 Å². The van der Waals surface area contributed by atoms with Crippen molar-refractivity contribution < 1.29 is 0 Å². The summed E-state index contributed by atoms with van der Waals surface area (Å²) in [5.41, 5.74) is 8.11. The van der Waals surface area contributed by atoms with Crippen LogP contribution in [-0.4, -0.2) is 11.1 Å². The summed E-state index contributed by atoms with van der Waals surface area (Å²) < 4.78 is 1.55. The van der Waals surface area contributed by atoms with Crippen molar-refractivity contribution in [2.45, 2.75) is 6.54 Å². The lowest BCUT2D eigenvalue weighted by Crippen LogP contribution is -2.20. The van der Waals surface area contributed by atoms with E-state index in [9.17, 15) is 4.79 Å². The standard InChI is InChI=1S/C11H10N4O/c12-14-13-6-8-15-7-5-9-3-1-2-4-10(9)11(15)16/h1-5,7H,6,8H2. The summed E-state index contributed by atoms with van der Waals surface area (Å²) in [6.45, 7) is 0.697. The zero-order valence-corrected chi connectivity index (χ0v) is 8.58. The number of azide groups is 1. The highest BCUT2D eigenvalue weighted by atomic mass is 16.1. The van der Waals surface area contributed by atoms with Gasteiger partial charge in [0.1, 0.15) is 0 Å². The second-order valence-electron chi connectivity index (χ2n) is 3.36. The van der Waals surface area contributed by atoms with E-state index in [-0.39, 0.29) is 12.1 Å². The number of hydrogen-bond acceptors (Lipinski definition) is 2. The third kappa shape index (κ3) is 1.89. The highest BCUT2D eigenvalue weighted by Gasteiger charge is 2.00. The normalized spacial score (nSPS) is 10.0. The highest BCUT2D eigenvalue weighted by Crippen LogP contribution is 2.07. The molecular formula is C11H10N4O. The van der Waals surface area contributed by atoms with E-state index in [4.69, 9.17) is 5.53 Å². The molecule has 80 valence electrons. The van der Waals surface area contributed by atoms with E-state index < -0.39 is 0 Å². The predicted molar refractivity (Wildman–Crippen MR) is 62.2 cm³/mol. The van der Waals surface area contributed by atoms with Crippen LogP contribution in [0, 0.1) is 0 Å². The number of aromatic nitrogens is 1. The monoisotopic (exact) mass is 214 g/mol. The SMILES string of the molecule is [N-]=[N+]=NCCn1ccc2ccccc2c1=O. The van der Waals surface area contributed by atoms with Crippen LogP contribution in [0.1, 0.15) is 0 Å². The van der Waals surface area contributed by atoms with Gasteiger partial charge in [0.2, 0.25) is 0 Å². The van der Waals surface area contributed by atoms with E-state index in [0.29, 0.717) is 11.9 Å². The quantitative estimate of drug-likeness (QED) is 0.439. The minimum Gasteiger partial charge on any atom is -0.315 e. The Morgan fingerprint density at radius 3 is 2.94 bits per heavy atom. The van der Waals surface area contributed by atoms with Crippen molar-refractivity contribution in [2.24, 2.45) is 5.11 Å². The molecule has 5 heteroatoms. The molecule has 5 nitrogen and oxygen atoms in total. The molecule has 0 saturated heterocycles. The van der Waals surface area contributed by atoms with E-state index in [1.165, 1.54) is 0 Å². The largest absolute Gasteiger partial charge is 0.315 e. The highest BCUT2D eigenvalue weighted by molar-refractivity contribution is 5.81. The van der Waals surface area contributed by atoms with Gasteiger partial charge in [0.25, 0.3) is 5.56 Å². The molecule has 0 atom stereocenters. The van der Waals surface area contributed by atoms with Crippen LogP contribution in [0.2, 0.25) is 0 Å². The first-order valence-corrected chi connectivity index (χ1v) is 4.92. The van der Waals surface area contributed by atoms with Gasteiger partial charge in [0, 0.05) is 29.6 Å². The summed E-state index contributed by atoms with van der Waals surface area (Å²) in [7, 11) is 0. The molecule has 2 rings (SSSR count). The molecule has 0 unspecified atom stereocenters. The Labute approximate surface area is 91.6 Å². The molecule has 1 heterocycles. The molecule has 0 amide bonds. The first-order valence-electron chi connectivity index (χ1n) is 4.92. The molecular weight excluding hydrogens is 204 g/mol. The van der Waals surface area contributed by atoms with E-state index in [0.717, 1.165) is 5.39 Å². The zero-order chi connectivity index (χ0) is 11.4. The Kier molecular flexibility index (Phi) is 2.89. The van der Waals surface area contributed by atoms with Crippen LogP contribution in [-0.2, 0) is 6.54 Å². The van der Waals surface area contributed by atoms with Gasteiger partial charge in [-0.2, -0.15) is 0 Å². The molecule has 0 saturated carbocycles. The van der Waals surface area contributed by atoms with Gasteiger partial charge >= 0.3 is 0 Å². The zero-order valence-electron chi connectivity index (χ0n) is 8.58. The summed E-state index contributed by atoms with van der Waals surface area (Å²) in [5, 5.41) is 5.02. The lowest BCUT2D eigenvalue weighted by Gasteiger charge is -2.04. The maximum atomic E-state index is 12.0. The van der Waals surface area contributed by atoms with E-state index in [2.05, 4.69) is 10.0 Å². The number of rotatable bonds is 3. The second-order valence-corrected chi connectivity index (χ2v) is 3.36. The Balaban J connectivity index is 2.44. The molecule has 2 aromatic rings. The number of hydrogen-bond donors (Lipinski definition) is 0. The van der Waals surface area contributed by atoms with Crippen LogP contribution in [0.3, 0.4) is 0 Å². The summed E-state index contributed by atoms with van der Waals surface area (Å²) in [4.78, 5) is 14.6. The molecule has 1 aromatic carbocycles. The van der Waals surface area contributed by atoms with Crippen molar-refractivity contribution in [3.05, 3.63) is 57.3 Å². The molecule has 0 aliphatic rings. The van der Waals surface area contributed by atoms with Crippen LogP contribution in [0.25, 0.3) is 21.2 Å². The third-order valence-electron chi connectivity index (χ3n) is 2.39. The van der Waals surface area contributed by atoms with Crippen molar-refractivity contribution in [3.63, 3.8) is 0 Å². The maximum absolute atomic E-state index is 12.0. The average Bonchev–Trinajstić information content (AvgIpc) is 2.33. The number of benzene rings is 1. The second kappa shape index (κ2) is 4.51. The van der Waals surface area contributed by atoms with Crippen LogP contribution >= 0.6 is 0 Å². The third-order valence-corrected chi connectivity index (χ3v) is 2.39. The fraction of sp³-hybridized carbons (Fsp3) is 0.182. The summed E-state index contributed by atoms with van der Waals surface area (Å²) in [5.74, 6) is 0. The first-order chi connectivity index (χ1) is 7.83. The summed E-state index contributed by atoms with van der Waals surface area (Å²) in [6, 6.07) is 9.30. The summed E-state index contributed by atoms with van der Waals surface area (Å²) >= 11 is 0. The molecule has 16 heavy (non-hydrogen) atoms. The molecule has 0 bridgehead atoms. The van der Waals surface area contributed by atoms with Crippen LogP contribution in [0.4, 0.5) is 0 Å². The Hall–Kier alpha value is -2.26. The molecule has 1 aromatic heterocycles. The van der Waals surface area contributed by atoms with Gasteiger partial charge in [0.05, 0.1) is 0 Å². The van der Waals surface area contributed by atoms with E-state index >= 15 is 0 Å². The van der Waals surface area contributed by atoms with Crippen LogP contribution in [0.5, 0.6) is 0 Å². The Bertz CT molecular complexity index is 611. The van der Waals surface area contributed by atoms with Crippen molar-refractivity contribution in [1.29, 1.82) is 0 Å². The topological polar surface area (TPSA) is 70.8 Å². The minimum atomic E-state index is -0.0498. The molecule has 0 spiro atoms. The Morgan fingerprint density at radius 2 is 2.12 bits per heavy atom. The van der Waals surface area contributed by atoms with Crippen LogP contribution < -0.4 is 5.56 Å². The van der Waals surface area contributed by atoms with Crippen LogP contribution in [0.15, 0.2) is 46.4 Å². The van der Waals surface area contributed by atoms with Crippen molar-refractivity contribution in [3.8, 4) is 0 Å². The number of fused-ring (bicyclic) bond motifs is 1. The maximum Gasteiger partial charge on any atom is 0.258 e. The van der Waals surface area contributed by atoms with E-state index in [1.807, 2.05) is 24.3 Å². The Morgan fingerprint density at radius 1 is 1.31 bits per heavy atom. The van der Waals surface area contributed by atoms with Crippen molar-refractivity contribution >= 4 is 10.8 Å². The van der Waals surface area contributed by atoms with Gasteiger partial charge in [-0.15, -0.1) is 0 Å². The molecule has 0 aliphatic heterocycles. The minimum absolute atomic E-state index is 0.0498. The van der Waals surface area contributed by atoms with Crippen molar-refractivity contribution in [2.75, 3.05) is 6.54 Å². The van der Waals surface area contributed by atoms with Gasteiger partial charge in [-0.05, 0) is 23.1 Å². The van der Waals surface area contributed by atoms with Gasteiger partial charge < -0.3 is 4.57 Å². The number of pyridine rings is 1. The average molecular weight is 214 g/mol. The number of nitrogens with zero attached hydrogens (tertiary/aromatic N) is 4. The lowest BCUT2D eigenvalue weighted by atomic mass is 10.2. The van der Waals surface area contributed by atoms with Crippen molar-refractivity contribution in [1.82, 2.24) is 4.57 Å². The lowest BCUT2D eigenvalue weighted by molar-refractivity contribution is 0.684. The fourth-order valence-electron chi connectivity index (χ4n) is 1.60. The molecule has 0 radical (unpaired) electrons. The molecule has 0 fully saturated rings. The fourth-order valence-corrected chi connectivity index (χ4v) is 1.60. The van der Waals surface area contributed by atoms with Gasteiger partial charge in [-0.25, -0.2) is 0 Å². The van der Waals surface area contributed by atoms with Gasteiger partial charge in [-0.3, -0.25) is 4.79 Å². The predicted octanol–water partition coefficient (Wildman–Crippen LogP) is 2.31.